The monoisotopic (exact) mass is 160 g/mol. The van der Waals surface area contributed by atoms with Crippen LogP contribution in [0.25, 0.3) is 0 Å². The summed E-state index contributed by atoms with van der Waals surface area (Å²) >= 11 is 0. The zero-order chi connectivity index (χ0) is 8.04. The van der Waals surface area contributed by atoms with Crippen LogP contribution < -0.4 is 0 Å². The van der Waals surface area contributed by atoms with E-state index in [1.807, 2.05) is 0 Å². The van der Waals surface area contributed by atoms with Crippen LogP contribution in [0.5, 0.6) is 0 Å². The lowest BCUT2D eigenvalue weighted by molar-refractivity contribution is 0.579. The Balaban J connectivity index is 3.95. The largest absolute Gasteiger partial charge is 0.319 e. The Bertz CT molecular complexity index is 130. The van der Waals surface area contributed by atoms with E-state index in [0.29, 0.717) is 0 Å². The van der Waals surface area contributed by atoms with Crippen LogP contribution in [0.2, 0.25) is 0 Å². The minimum Gasteiger partial charge on any atom is -0.319 e. The van der Waals surface area contributed by atoms with Gasteiger partial charge >= 0.3 is 0 Å². The Morgan fingerprint density at radius 2 is 1.70 bits per heavy atom. The summed E-state index contributed by atoms with van der Waals surface area (Å²) in [6.07, 6.45) is 3.68. The summed E-state index contributed by atoms with van der Waals surface area (Å²) in [7, 11) is -1.94. The van der Waals surface area contributed by atoms with E-state index in [9.17, 15) is 4.57 Å². The van der Waals surface area contributed by atoms with Crippen molar-refractivity contribution in [1.82, 2.24) is 0 Å². The van der Waals surface area contributed by atoms with Gasteiger partial charge in [0.1, 0.15) is 7.14 Å². The van der Waals surface area contributed by atoms with Crippen molar-refractivity contribution in [3.05, 3.63) is 12.4 Å². The number of rotatable bonds is 5. The molecule has 0 aromatic heterocycles. The second-order valence-electron chi connectivity index (χ2n) is 2.58. The van der Waals surface area contributed by atoms with E-state index in [-0.39, 0.29) is 0 Å². The van der Waals surface area contributed by atoms with Crippen LogP contribution in [0.4, 0.5) is 0 Å². The molecule has 0 saturated carbocycles. The van der Waals surface area contributed by atoms with Crippen molar-refractivity contribution in [3.63, 3.8) is 0 Å². The third-order valence-corrected chi connectivity index (χ3v) is 4.61. The Morgan fingerprint density at radius 3 is 1.90 bits per heavy atom. The molecule has 0 aromatic rings. The molecule has 0 heterocycles. The van der Waals surface area contributed by atoms with Crippen LogP contribution >= 0.6 is 7.14 Å². The molecular weight excluding hydrogens is 143 g/mol. The lowest BCUT2D eigenvalue weighted by Crippen LogP contribution is -1.89. The van der Waals surface area contributed by atoms with E-state index in [0.717, 1.165) is 25.2 Å². The molecule has 1 nitrogen and oxygen atoms in total. The highest BCUT2D eigenvalue weighted by molar-refractivity contribution is 7.67. The molecule has 2 heteroatoms. The van der Waals surface area contributed by atoms with Gasteiger partial charge < -0.3 is 4.57 Å². The lowest BCUT2D eigenvalue weighted by atomic mass is 10.6. The van der Waals surface area contributed by atoms with Crippen molar-refractivity contribution in [3.8, 4) is 0 Å². The van der Waals surface area contributed by atoms with Crippen LogP contribution in [-0.2, 0) is 4.57 Å². The van der Waals surface area contributed by atoms with Gasteiger partial charge in [-0.3, -0.25) is 0 Å². The molecule has 0 spiro atoms. The van der Waals surface area contributed by atoms with Crippen molar-refractivity contribution in [2.45, 2.75) is 26.7 Å². The molecule has 0 bridgehead atoms. The van der Waals surface area contributed by atoms with E-state index in [4.69, 9.17) is 0 Å². The van der Waals surface area contributed by atoms with Gasteiger partial charge in [-0.15, -0.1) is 0 Å². The first kappa shape index (κ1) is 9.97. The first-order valence-corrected chi connectivity index (χ1v) is 6.04. The topological polar surface area (TPSA) is 17.1 Å². The fraction of sp³-hybridized carbons (Fsp3) is 0.750. The Morgan fingerprint density at radius 1 is 1.30 bits per heavy atom. The van der Waals surface area contributed by atoms with Gasteiger partial charge in [-0.1, -0.05) is 20.4 Å². The molecule has 0 rings (SSSR count). The predicted molar refractivity (Wildman–Crippen MR) is 48.1 cm³/mol. The maximum absolute atomic E-state index is 11.7. The Kier molecular flexibility index (Phi) is 4.72. The molecule has 0 saturated heterocycles. The molecule has 10 heavy (non-hydrogen) atoms. The first-order chi connectivity index (χ1) is 4.68. The summed E-state index contributed by atoms with van der Waals surface area (Å²) in [5.74, 6) is 1.67. The summed E-state index contributed by atoms with van der Waals surface area (Å²) in [5.41, 5.74) is 0. The summed E-state index contributed by atoms with van der Waals surface area (Å²) in [5, 5.41) is 0. The van der Waals surface area contributed by atoms with Gasteiger partial charge in [0.05, 0.1) is 0 Å². The van der Waals surface area contributed by atoms with Crippen LogP contribution in [0.1, 0.15) is 26.7 Å². The molecule has 0 unspecified atom stereocenters. The van der Waals surface area contributed by atoms with E-state index in [1.165, 1.54) is 0 Å². The maximum Gasteiger partial charge on any atom is 0.108 e. The zero-order valence-electron chi connectivity index (χ0n) is 6.97. The average Bonchev–Trinajstić information content (AvgIpc) is 1.89. The Labute approximate surface area is 63.9 Å². The van der Waals surface area contributed by atoms with E-state index < -0.39 is 7.14 Å². The zero-order valence-corrected chi connectivity index (χ0v) is 7.86. The second kappa shape index (κ2) is 4.73. The van der Waals surface area contributed by atoms with E-state index in [2.05, 4.69) is 20.4 Å². The molecular formula is C8H17OP. The lowest BCUT2D eigenvalue weighted by Gasteiger charge is -2.10. The predicted octanol–water partition coefficient (Wildman–Crippen LogP) is 3.31. The van der Waals surface area contributed by atoms with Crippen LogP contribution in [-0.4, -0.2) is 12.3 Å². The molecule has 0 N–H and O–H groups in total. The summed E-state index contributed by atoms with van der Waals surface area (Å²) in [6, 6.07) is 0. The number of hydrogen-bond acceptors (Lipinski definition) is 1. The molecule has 60 valence electrons. The fourth-order valence-corrected chi connectivity index (χ4v) is 3.15. The molecule has 0 aromatic carbocycles. The second-order valence-corrected chi connectivity index (χ2v) is 5.75. The van der Waals surface area contributed by atoms with Gasteiger partial charge in [0.25, 0.3) is 0 Å². The van der Waals surface area contributed by atoms with Gasteiger partial charge in [-0.25, -0.2) is 0 Å². The van der Waals surface area contributed by atoms with Gasteiger partial charge in [0.2, 0.25) is 0 Å². The van der Waals surface area contributed by atoms with Gasteiger partial charge in [-0.05, 0) is 18.7 Å². The van der Waals surface area contributed by atoms with Crippen molar-refractivity contribution < 1.29 is 4.57 Å². The van der Waals surface area contributed by atoms with Gasteiger partial charge in [-0.2, -0.15) is 0 Å². The summed E-state index contributed by atoms with van der Waals surface area (Å²) in [6.45, 7) is 7.73. The van der Waals surface area contributed by atoms with Crippen LogP contribution in [0.15, 0.2) is 12.4 Å². The van der Waals surface area contributed by atoms with Gasteiger partial charge in [0.15, 0.2) is 0 Å². The van der Waals surface area contributed by atoms with Crippen molar-refractivity contribution in [2.75, 3.05) is 12.3 Å². The highest BCUT2D eigenvalue weighted by Gasteiger charge is 2.13. The number of hydrogen-bond donors (Lipinski definition) is 0. The maximum atomic E-state index is 11.7. The smallest absolute Gasteiger partial charge is 0.108 e. The molecule has 0 aliphatic rings. The average molecular weight is 160 g/mol. The minimum absolute atomic E-state index is 0.838. The molecule has 0 fully saturated rings. The summed E-state index contributed by atoms with van der Waals surface area (Å²) < 4.78 is 11.7. The van der Waals surface area contributed by atoms with Crippen LogP contribution in [0, 0.1) is 0 Å². The normalized spacial score (nSPS) is 11.4. The molecule has 0 aliphatic heterocycles. The van der Waals surface area contributed by atoms with Crippen LogP contribution in [0.3, 0.4) is 0 Å². The minimum atomic E-state index is -1.94. The van der Waals surface area contributed by atoms with Gasteiger partial charge in [0, 0.05) is 12.3 Å². The third-order valence-electron chi connectivity index (χ3n) is 1.54. The SMILES string of the molecule is C=CP(=O)(CCC)CCC. The molecule has 0 atom stereocenters. The quantitative estimate of drug-likeness (QED) is 0.564. The van der Waals surface area contributed by atoms with Crippen molar-refractivity contribution in [1.29, 1.82) is 0 Å². The van der Waals surface area contributed by atoms with Crippen molar-refractivity contribution in [2.24, 2.45) is 0 Å². The third kappa shape index (κ3) is 3.22. The highest BCUT2D eigenvalue weighted by Crippen LogP contribution is 2.47. The molecule has 0 amide bonds. The summed E-state index contributed by atoms with van der Waals surface area (Å²) in [4.78, 5) is 0. The Hall–Kier alpha value is -0.0300. The van der Waals surface area contributed by atoms with Crippen molar-refractivity contribution >= 4 is 7.14 Å². The standard InChI is InChI=1S/C8H17OP/c1-4-7-10(9,6-3)8-5-2/h6H,3-5,7-8H2,1-2H3. The first-order valence-electron chi connectivity index (χ1n) is 3.90. The molecule has 0 radical (unpaired) electrons. The molecule has 0 aliphatic carbocycles. The van der Waals surface area contributed by atoms with E-state index in [1.54, 1.807) is 5.82 Å². The fourth-order valence-electron chi connectivity index (χ4n) is 1.05. The highest BCUT2D eigenvalue weighted by atomic mass is 31.2. The van der Waals surface area contributed by atoms with E-state index >= 15 is 0 Å².